The summed E-state index contributed by atoms with van der Waals surface area (Å²) in [4.78, 5) is 25.7. The van der Waals surface area contributed by atoms with Gasteiger partial charge >= 0.3 is 5.97 Å². The van der Waals surface area contributed by atoms with Gasteiger partial charge in [-0.2, -0.15) is 0 Å². The Balaban J connectivity index is 1.79. The number of carbonyl (C=O) groups excluding carboxylic acids is 1. The third-order valence-corrected chi connectivity index (χ3v) is 4.09. The van der Waals surface area contributed by atoms with E-state index in [1.54, 1.807) is 6.20 Å². The molecule has 2 aromatic carbocycles. The summed E-state index contributed by atoms with van der Waals surface area (Å²) in [6, 6.07) is 14.5. The first kappa shape index (κ1) is 17.5. The molecule has 0 radical (unpaired) electrons. The Labute approximate surface area is 150 Å². The molecule has 1 heterocycles. The zero-order chi connectivity index (χ0) is 18.5. The largest absolute Gasteiger partial charge is 0.489 e. The fraction of sp³-hybridized carbons (Fsp3) is 0.200. The normalized spacial score (nSPS) is 11.9. The fourth-order valence-corrected chi connectivity index (χ4v) is 2.82. The molecule has 0 saturated heterocycles. The van der Waals surface area contributed by atoms with Crippen LogP contribution in [0.2, 0.25) is 0 Å². The van der Waals surface area contributed by atoms with Crippen LogP contribution in [0, 0.1) is 0 Å². The number of aromatic nitrogens is 1. The molecule has 3 aromatic rings. The topological polar surface area (TPSA) is 91.4 Å². The molecule has 0 bridgehead atoms. The number of carboxylic acids is 1. The van der Waals surface area contributed by atoms with Crippen LogP contribution >= 0.6 is 0 Å². The lowest BCUT2D eigenvalue weighted by Crippen LogP contribution is -2.41. The first-order chi connectivity index (χ1) is 12.5. The number of rotatable bonds is 7. The van der Waals surface area contributed by atoms with E-state index in [-0.39, 0.29) is 12.3 Å². The van der Waals surface area contributed by atoms with Gasteiger partial charge in [-0.25, -0.2) is 4.79 Å². The second-order valence-corrected chi connectivity index (χ2v) is 6.09. The van der Waals surface area contributed by atoms with Gasteiger partial charge < -0.3 is 20.1 Å². The number of fused-ring (bicyclic) bond motifs is 1. The molecule has 1 unspecified atom stereocenters. The zero-order valence-corrected chi connectivity index (χ0v) is 14.4. The summed E-state index contributed by atoms with van der Waals surface area (Å²) in [5, 5.41) is 12.6. The SMILES string of the molecule is CC(=O)NC(Cc1c[nH]c2ccc(OCc3ccccc3)cc12)C(=O)O. The average Bonchev–Trinajstić information content (AvgIpc) is 3.02. The summed E-state index contributed by atoms with van der Waals surface area (Å²) < 4.78 is 5.84. The molecule has 0 fully saturated rings. The number of carbonyl (C=O) groups is 2. The monoisotopic (exact) mass is 352 g/mol. The lowest BCUT2D eigenvalue weighted by atomic mass is 10.0. The Hall–Kier alpha value is -3.28. The van der Waals surface area contributed by atoms with Crippen molar-refractivity contribution in [3.8, 4) is 5.75 Å². The van der Waals surface area contributed by atoms with Gasteiger partial charge in [0.1, 0.15) is 18.4 Å². The smallest absolute Gasteiger partial charge is 0.326 e. The highest BCUT2D eigenvalue weighted by Crippen LogP contribution is 2.25. The van der Waals surface area contributed by atoms with E-state index in [2.05, 4.69) is 10.3 Å². The summed E-state index contributed by atoms with van der Waals surface area (Å²) in [5.41, 5.74) is 2.77. The fourth-order valence-electron chi connectivity index (χ4n) is 2.82. The van der Waals surface area contributed by atoms with Crippen LogP contribution in [-0.2, 0) is 22.6 Å². The number of H-pyrrole nitrogens is 1. The maximum Gasteiger partial charge on any atom is 0.326 e. The minimum absolute atomic E-state index is 0.192. The van der Waals surface area contributed by atoms with Crippen molar-refractivity contribution < 1.29 is 19.4 Å². The molecule has 6 heteroatoms. The minimum atomic E-state index is -1.06. The molecule has 1 amide bonds. The van der Waals surface area contributed by atoms with E-state index in [0.717, 1.165) is 22.0 Å². The van der Waals surface area contributed by atoms with Crippen molar-refractivity contribution in [1.29, 1.82) is 0 Å². The average molecular weight is 352 g/mol. The van der Waals surface area contributed by atoms with Crippen molar-refractivity contribution in [1.82, 2.24) is 10.3 Å². The van der Waals surface area contributed by atoms with E-state index in [9.17, 15) is 14.7 Å². The number of nitrogens with one attached hydrogen (secondary N) is 2. The second-order valence-electron chi connectivity index (χ2n) is 6.09. The predicted octanol–water partition coefficient (Wildman–Crippen LogP) is 2.88. The number of hydrogen-bond acceptors (Lipinski definition) is 3. The van der Waals surface area contributed by atoms with Gasteiger partial charge in [-0.05, 0) is 29.3 Å². The van der Waals surface area contributed by atoms with Gasteiger partial charge in [0.05, 0.1) is 0 Å². The lowest BCUT2D eigenvalue weighted by Gasteiger charge is -2.13. The first-order valence-electron chi connectivity index (χ1n) is 8.29. The third kappa shape index (κ3) is 4.22. The Morgan fingerprint density at radius 2 is 1.96 bits per heavy atom. The standard InChI is InChI=1S/C20H20N2O4/c1-13(23)22-19(20(24)25)9-15-11-21-18-8-7-16(10-17(15)18)26-12-14-5-3-2-4-6-14/h2-8,10-11,19,21H,9,12H2,1H3,(H,22,23)(H,24,25). The molecule has 134 valence electrons. The third-order valence-electron chi connectivity index (χ3n) is 4.09. The van der Waals surface area contributed by atoms with E-state index in [1.165, 1.54) is 6.92 Å². The number of amides is 1. The van der Waals surface area contributed by atoms with E-state index in [1.807, 2.05) is 48.5 Å². The molecule has 3 N–H and O–H groups in total. The Morgan fingerprint density at radius 1 is 1.19 bits per heavy atom. The van der Waals surface area contributed by atoms with Gasteiger partial charge in [-0.15, -0.1) is 0 Å². The van der Waals surface area contributed by atoms with Crippen LogP contribution in [0.25, 0.3) is 10.9 Å². The minimum Gasteiger partial charge on any atom is -0.489 e. The number of ether oxygens (including phenoxy) is 1. The zero-order valence-electron chi connectivity index (χ0n) is 14.4. The Bertz CT molecular complexity index is 918. The summed E-state index contributed by atoms with van der Waals surface area (Å²) in [6.45, 7) is 1.76. The van der Waals surface area contributed by atoms with Crippen molar-refractivity contribution in [3.05, 3.63) is 65.9 Å². The molecule has 0 spiro atoms. The van der Waals surface area contributed by atoms with Crippen LogP contribution in [0.1, 0.15) is 18.1 Å². The van der Waals surface area contributed by atoms with Gasteiger partial charge in [-0.1, -0.05) is 30.3 Å². The van der Waals surface area contributed by atoms with Crippen molar-refractivity contribution in [2.75, 3.05) is 0 Å². The highest BCUT2D eigenvalue weighted by molar-refractivity contribution is 5.87. The summed E-state index contributed by atoms with van der Waals surface area (Å²) in [6.07, 6.45) is 1.96. The van der Waals surface area contributed by atoms with E-state index < -0.39 is 12.0 Å². The number of aliphatic carboxylic acids is 1. The van der Waals surface area contributed by atoms with Crippen LogP contribution in [0.5, 0.6) is 5.75 Å². The van der Waals surface area contributed by atoms with Crippen LogP contribution in [0.3, 0.4) is 0 Å². The van der Waals surface area contributed by atoms with Crippen molar-refractivity contribution in [3.63, 3.8) is 0 Å². The molecular weight excluding hydrogens is 332 g/mol. The van der Waals surface area contributed by atoms with Gasteiger partial charge in [0.15, 0.2) is 0 Å². The highest BCUT2D eigenvalue weighted by atomic mass is 16.5. The van der Waals surface area contributed by atoms with Crippen LogP contribution in [0.4, 0.5) is 0 Å². The van der Waals surface area contributed by atoms with Gasteiger partial charge in [0.2, 0.25) is 5.91 Å². The highest BCUT2D eigenvalue weighted by Gasteiger charge is 2.20. The van der Waals surface area contributed by atoms with Crippen LogP contribution in [0.15, 0.2) is 54.7 Å². The Kier molecular flexibility index (Phi) is 5.22. The van der Waals surface area contributed by atoms with Gasteiger partial charge in [0, 0.05) is 30.4 Å². The molecule has 1 aromatic heterocycles. The molecule has 0 aliphatic rings. The van der Waals surface area contributed by atoms with Crippen molar-refractivity contribution in [2.24, 2.45) is 0 Å². The number of carboxylic acid groups (broad SMARTS) is 1. The van der Waals surface area contributed by atoms with E-state index >= 15 is 0 Å². The molecule has 26 heavy (non-hydrogen) atoms. The second kappa shape index (κ2) is 7.74. The number of hydrogen-bond donors (Lipinski definition) is 3. The molecule has 6 nitrogen and oxygen atoms in total. The summed E-state index contributed by atoms with van der Waals surface area (Å²) in [5.74, 6) is -0.733. The maximum absolute atomic E-state index is 11.4. The van der Waals surface area contributed by atoms with E-state index in [4.69, 9.17) is 4.74 Å². The quantitative estimate of drug-likeness (QED) is 0.610. The maximum atomic E-state index is 11.4. The molecule has 0 aliphatic carbocycles. The lowest BCUT2D eigenvalue weighted by molar-refractivity contribution is -0.141. The van der Waals surface area contributed by atoms with Gasteiger partial charge in [0.25, 0.3) is 0 Å². The predicted molar refractivity (Wildman–Crippen MR) is 98.0 cm³/mol. The summed E-state index contributed by atoms with van der Waals surface area (Å²) >= 11 is 0. The molecule has 3 rings (SSSR count). The molecule has 0 saturated carbocycles. The van der Waals surface area contributed by atoms with Gasteiger partial charge in [-0.3, -0.25) is 4.79 Å². The van der Waals surface area contributed by atoms with Crippen LogP contribution in [-0.4, -0.2) is 28.0 Å². The molecule has 1 atom stereocenters. The molecular formula is C20H20N2O4. The molecule has 0 aliphatic heterocycles. The van der Waals surface area contributed by atoms with E-state index in [0.29, 0.717) is 12.4 Å². The Morgan fingerprint density at radius 3 is 2.65 bits per heavy atom. The first-order valence-corrected chi connectivity index (χ1v) is 8.29. The van der Waals surface area contributed by atoms with Crippen molar-refractivity contribution in [2.45, 2.75) is 26.0 Å². The number of benzene rings is 2. The summed E-state index contributed by atoms with van der Waals surface area (Å²) in [7, 11) is 0. The van der Waals surface area contributed by atoms with Crippen LogP contribution < -0.4 is 10.1 Å². The number of aromatic amines is 1. The van der Waals surface area contributed by atoms with Crippen molar-refractivity contribution >= 4 is 22.8 Å².